The number of ether oxygens (including phenoxy) is 4. The van der Waals surface area contributed by atoms with Crippen LogP contribution in [0.4, 0.5) is 10.5 Å². The molecule has 164 valence electrons. The highest BCUT2D eigenvalue weighted by atomic mass is 16.5. The van der Waals surface area contributed by atoms with Gasteiger partial charge in [-0.3, -0.25) is 14.9 Å². The number of amides is 4. The number of esters is 1. The van der Waals surface area contributed by atoms with Crippen molar-refractivity contribution in [2.24, 2.45) is 5.73 Å². The molecule has 0 bridgehead atoms. The van der Waals surface area contributed by atoms with E-state index >= 15 is 0 Å². The number of anilines is 1. The first-order chi connectivity index (χ1) is 14.8. The van der Waals surface area contributed by atoms with E-state index < -0.39 is 30.4 Å². The van der Waals surface area contributed by atoms with Gasteiger partial charge in [0.25, 0.3) is 11.8 Å². The molecular formula is C20H21N3O8. The van der Waals surface area contributed by atoms with E-state index in [9.17, 15) is 19.2 Å². The number of carbonyl (C=O) groups excluding carboxylic acids is 4. The number of hydrogen-bond donors (Lipinski definition) is 3. The Bertz CT molecular complexity index is 959. The molecule has 0 saturated carbocycles. The molecule has 2 aromatic carbocycles. The minimum atomic E-state index is -0.828. The van der Waals surface area contributed by atoms with Crippen molar-refractivity contribution in [3.05, 3.63) is 48.0 Å². The number of primary amides is 1. The third kappa shape index (κ3) is 7.24. The van der Waals surface area contributed by atoms with Gasteiger partial charge in [0, 0.05) is 5.69 Å². The largest absolute Gasteiger partial charge is 0.497 e. The average Bonchev–Trinajstić information content (AvgIpc) is 2.76. The predicted octanol–water partition coefficient (Wildman–Crippen LogP) is 1.07. The topological polar surface area (TPSA) is 155 Å². The van der Waals surface area contributed by atoms with Crippen LogP contribution in [0.3, 0.4) is 0 Å². The second kappa shape index (κ2) is 11.0. The first-order valence-electron chi connectivity index (χ1n) is 8.83. The molecule has 0 aliphatic rings. The third-order valence-electron chi connectivity index (χ3n) is 3.70. The van der Waals surface area contributed by atoms with E-state index in [1.54, 1.807) is 24.3 Å². The molecule has 0 heterocycles. The third-order valence-corrected chi connectivity index (χ3v) is 3.70. The fourth-order valence-electron chi connectivity index (χ4n) is 2.28. The Morgan fingerprint density at radius 3 is 2.23 bits per heavy atom. The van der Waals surface area contributed by atoms with Crippen LogP contribution in [0, 0.1) is 0 Å². The summed E-state index contributed by atoms with van der Waals surface area (Å²) in [6.45, 7) is -1.05. The van der Waals surface area contributed by atoms with Gasteiger partial charge in [-0.05, 0) is 42.5 Å². The lowest BCUT2D eigenvalue weighted by Gasteiger charge is -2.11. The summed E-state index contributed by atoms with van der Waals surface area (Å²) in [6, 6.07) is 9.72. The monoisotopic (exact) mass is 431 g/mol. The van der Waals surface area contributed by atoms with Gasteiger partial charge in [0.05, 0.1) is 19.8 Å². The van der Waals surface area contributed by atoms with Crippen LogP contribution in [-0.2, 0) is 14.3 Å². The normalized spacial score (nSPS) is 9.87. The van der Waals surface area contributed by atoms with Crippen LogP contribution < -0.4 is 30.6 Å². The molecule has 11 heteroatoms. The zero-order valence-electron chi connectivity index (χ0n) is 16.8. The number of urea groups is 1. The molecule has 11 nitrogen and oxygen atoms in total. The van der Waals surface area contributed by atoms with Crippen molar-refractivity contribution >= 4 is 29.5 Å². The van der Waals surface area contributed by atoms with Crippen LogP contribution in [0.2, 0.25) is 0 Å². The van der Waals surface area contributed by atoms with Crippen LogP contribution in [0.15, 0.2) is 42.5 Å². The zero-order valence-corrected chi connectivity index (χ0v) is 16.8. The van der Waals surface area contributed by atoms with Gasteiger partial charge in [0.2, 0.25) is 0 Å². The molecule has 4 amide bonds. The Morgan fingerprint density at radius 1 is 0.903 bits per heavy atom. The van der Waals surface area contributed by atoms with Crippen molar-refractivity contribution in [1.29, 1.82) is 0 Å². The Hall–Kier alpha value is -4.28. The van der Waals surface area contributed by atoms with Crippen molar-refractivity contribution in [3.8, 4) is 17.2 Å². The van der Waals surface area contributed by atoms with Crippen LogP contribution in [0.1, 0.15) is 10.4 Å². The van der Waals surface area contributed by atoms with Crippen LogP contribution in [0.5, 0.6) is 17.2 Å². The minimum Gasteiger partial charge on any atom is -0.497 e. The summed E-state index contributed by atoms with van der Waals surface area (Å²) in [7, 11) is 2.85. The Labute approximate surface area is 177 Å². The van der Waals surface area contributed by atoms with E-state index in [-0.39, 0.29) is 23.7 Å². The number of benzene rings is 2. The minimum absolute atomic E-state index is 0.0683. The molecule has 2 rings (SSSR count). The Morgan fingerprint density at radius 2 is 1.61 bits per heavy atom. The maximum absolute atomic E-state index is 12.1. The SMILES string of the molecule is COc1ccc(NC(=O)NC(=O)COC(=O)c2ccc(OCC(N)=O)c(OC)c2)cc1. The number of imide groups is 1. The molecule has 0 saturated heterocycles. The molecule has 0 spiro atoms. The first-order valence-corrected chi connectivity index (χ1v) is 8.83. The van der Waals surface area contributed by atoms with Crippen molar-refractivity contribution in [2.75, 3.05) is 32.8 Å². The van der Waals surface area contributed by atoms with E-state index in [4.69, 9.17) is 24.7 Å². The zero-order chi connectivity index (χ0) is 22.8. The van der Waals surface area contributed by atoms with E-state index in [1.807, 2.05) is 5.32 Å². The molecule has 0 aromatic heterocycles. The van der Waals surface area contributed by atoms with Gasteiger partial charge < -0.3 is 30.0 Å². The van der Waals surface area contributed by atoms with Crippen molar-refractivity contribution < 1.29 is 38.1 Å². The van der Waals surface area contributed by atoms with Crippen LogP contribution in [0.25, 0.3) is 0 Å². The molecule has 0 atom stereocenters. The first kappa shape index (κ1) is 23.0. The second-order valence-corrected chi connectivity index (χ2v) is 5.93. The van der Waals surface area contributed by atoms with Crippen molar-refractivity contribution in [1.82, 2.24) is 5.32 Å². The van der Waals surface area contributed by atoms with Crippen LogP contribution in [-0.4, -0.2) is 51.2 Å². The lowest BCUT2D eigenvalue weighted by atomic mass is 10.2. The fourth-order valence-corrected chi connectivity index (χ4v) is 2.28. The number of methoxy groups -OCH3 is 2. The number of rotatable bonds is 9. The van der Waals surface area contributed by atoms with Gasteiger partial charge in [0.15, 0.2) is 24.7 Å². The number of carbonyl (C=O) groups is 4. The highest BCUT2D eigenvalue weighted by molar-refractivity contribution is 6.02. The summed E-state index contributed by atoms with van der Waals surface area (Å²) in [5, 5.41) is 4.49. The standard InChI is InChI=1S/C20H21N3O8/c1-28-14-6-4-13(5-7-14)22-20(27)23-18(25)11-31-19(26)12-3-8-15(16(9-12)29-2)30-10-17(21)24/h3-9H,10-11H2,1-2H3,(H2,21,24)(H2,22,23,25,27). The average molecular weight is 431 g/mol. The molecule has 0 fully saturated rings. The maximum Gasteiger partial charge on any atom is 0.338 e. The van der Waals surface area contributed by atoms with Gasteiger partial charge in [0.1, 0.15) is 5.75 Å². The molecule has 0 unspecified atom stereocenters. The molecule has 0 aliphatic heterocycles. The summed E-state index contributed by atoms with van der Waals surface area (Å²) >= 11 is 0. The Balaban J connectivity index is 1.85. The lowest BCUT2D eigenvalue weighted by Crippen LogP contribution is -2.37. The molecule has 0 radical (unpaired) electrons. The van der Waals surface area contributed by atoms with Gasteiger partial charge in [-0.1, -0.05) is 0 Å². The van der Waals surface area contributed by atoms with E-state index in [0.717, 1.165) is 0 Å². The smallest absolute Gasteiger partial charge is 0.338 e. The van der Waals surface area contributed by atoms with Crippen molar-refractivity contribution in [2.45, 2.75) is 0 Å². The van der Waals surface area contributed by atoms with E-state index in [0.29, 0.717) is 11.4 Å². The van der Waals surface area contributed by atoms with Gasteiger partial charge >= 0.3 is 12.0 Å². The molecular weight excluding hydrogens is 410 g/mol. The fraction of sp³-hybridized carbons (Fsp3) is 0.200. The quantitative estimate of drug-likeness (QED) is 0.498. The van der Waals surface area contributed by atoms with Gasteiger partial charge in [-0.15, -0.1) is 0 Å². The summed E-state index contributed by atoms with van der Waals surface area (Å²) in [5.41, 5.74) is 5.52. The second-order valence-electron chi connectivity index (χ2n) is 5.93. The number of hydrogen-bond acceptors (Lipinski definition) is 8. The summed E-state index contributed by atoms with van der Waals surface area (Å²) in [6.07, 6.45) is 0. The number of nitrogens with one attached hydrogen (secondary N) is 2. The highest BCUT2D eigenvalue weighted by Gasteiger charge is 2.15. The summed E-state index contributed by atoms with van der Waals surface area (Å²) in [5.74, 6) is -1.35. The van der Waals surface area contributed by atoms with Gasteiger partial charge in [-0.2, -0.15) is 0 Å². The highest BCUT2D eigenvalue weighted by Crippen LogP contribution is 2.28. The number of nitrogens with two attached hydrogens (primary N) is 1. The molecule has 2 aromatic rings. The van der Waals surface area contributed by atoms with E-state index in [2.05, 4.69) is 5.32 Å². The molecule has 0 aliphatic carbocycles. The Kier molecular flexibility index (Phi) is 8.20. The predicted molar refractivity (Wildman–Crippen MR) is 108 cm³/mol. The summed E-state index contributed by atoms with van der Waals surface area (Å²) in [4.78, 5) is 46.7. The lowest BCUT2D eigenvalue weighted by molar-refractivity contribution is -0.123. The van der Waals surface area contributed by atoms with E-state index in [1.165, 1.54) is 32.4 Å². The summed E-state index contributed by atoms with van der Waals surface area (Å²) < 4.78 is 20.2. The van der Waals surface area contributed by atoms with Crippen LogP contribution >= 0.6 is 0 Å². The molecule has 4 N–H and O–H groups in total. The molecule has 31 heavy (non-hydrogen) atoms. The van der Waals surface area contributed by atoms with Gasteiger partial charge in [-0.25, -0.2) is 9.59 Å². The maximum atomic E-state index is 12.1. The van der Waals surface area contributed by atoms with Crippen molar-refractivity contribution in [3.63, 3.8) is 0 Å².